The highest BCUT2D eigenvalue weighted by molar-refractivity contribution is 8.93. The number of para-hydroxylation sites is 4. The van der Waals surface area contributed by atoms with Crippen LogP contribution in [0.3, 0.4) is 0 Å². The van der Waals surface area contributed by atoms with E-state index in [1.165, 1.54) is 0 Å². The Labute approximate surface area is 265 Å². The first-order valence-electron chi connectivity index (χ1n) is 13.1. The van der Waals surface area contributed by atoms with Crippen molar-refractivity contribution in [3.8, 4) is 0 Å². The predicted octanol–water partition coefficient (Wildman–Crippen LogP) is 7.06. The van der Waals surface area contributed by atoms with E-state index in [1.54, 1.807) is 0 Å². The van der Waals surface area contributed by atoms with E-state index >= 15 is 0 Å². The molecule has 0 radical (unpaired) electrons. The summed E-state index contributed by atoms with van der Waals surface area (Å²) in [5.41, 5.74) is 12.7. The lowest BCUT2D eigenvalue weighted by Crippen LogP contribution is -2.44. The predicted molar refractivity (Wildman–Crippen MR) is 182 cm³/mol. The van der Waals surface area contributed by atoms with Crippen LogP contribution in [-0.2, 0) is 0 Å². The molecule has 0 aliphatic carbocycles. The van der Waals surface area contributed by atoms with Crippen molar-refractivity contribution >= 4 is 68.4 Å². The number of nitrogens with one attached hydrogen (secondary N) is 2. The zero-order chi connectivity index (χ0) is 26.7. The van der Waals surface area contributed by atoms with Crippen LogP contribution in [0.4, 0.5) is 22.7 Å². The van der Waals surface area contributed by atoms with Gasteiger partial charge < -0.3 is 0 Å². The van der Waals surface area contributed by atoms with Crippen LogP contribution in [-0.4, -0.2) is 11.7 Å². The molecule has 0 unspecified atom stereocenters. The Morgan fingerprint density at radius 2 is 0.643 bits per heavy atom. The Bertz CT molecular complexity index is 1530. The van der Waals surface area contributed by atoms with Gasteiger partial charge in [-0.1, -0.05) is 97.1 Å². The molecule has 210 valence electrons. The summed E-state index contributed by atoms with van der Waals surface area (Å²) < 4.78 is 0. The number of hydrogen-bond donors (Lipinski definition) is 2. The van der Waals surface area contributed by atoms with Crippen molar-refractivity contribution in [2.24, 2.45) is 10.2 Å². The molecular formula is C32H28Br2N8. The maximum atomic E-state index is 4.92. The van der Waals surface area contributed by atoms with E-state index in [4.69, 9.17) is 10.2 Å². The first-order valence-corrected chi connectivity index (χ1v) is 13.1. The number of hydrazone groups is 2. The Morgan fingerprint density at radius 3 is 0.952 bits per heavy atom. The quantitative estimate of drug-likeness (QED) is 0.200. The Hall–Kier alpha value is -4.80. The third kappa shape index (κ3) is 5.67. The number of nitrogens with zero attached hydrogens (tertiary/aromatic N) is 6. The van der Waals surface area contributed by atoms with Crippen molar-refractivity contribution in [3.05, 3.63) is 157 Å². The summed E-state index contributed by atoms with van der Waals surface area (Å²) in [6.07, 6.45) is 0. The minimum Gasteiger partial charge on any atom is -0.259 e. The number of hydrogen-bond acceptors (Lipinski definition) is 8. The molecule has 2 aliphatic heterocycles. The van der Waals surface area contributed by atoms with Crippen molar-refractivity contribution in [3.63, 3.8) is 0 Å². The molecule has 8 nitrogen and oxygen atoms in total. The van der Waals surface area contributed by atoms with Crippen LogP contribution in [0.25, 0.3) is 0 Å². The van der Waals surface area contributed by atoms with Crippen LogP contribution < -0.4 is 31.3 Å². The van der Waals surface area contributed by atoms with E-state index in [0.29, 0.717) is 0 Å². The third-order valence-corrected chi connectivity index (χ3v) is 6.60. The molecule has 5 aromatic rings. The molecule has 0 bridgehead atoms. The third-order valence-electron chi connectivity index (χ3n) is 6.60. The van der Waals surface area contributed by atoms with Gasteiger partial charge in [-0.05, 0) is 48.5 Å². The maximum absolute atomic E-state index is 4.92. The maximum Gasteiger partial charge on any atom is 0.176 e. The highest BCUT2D eigenvalue weighted by Crippen LogP contribution is 2.27. The van der Waals surface area contributed by atoms with Crippen molar-refractivity contribution in [1.29, 1.82) is 0 Å². The first-order chi connectivity index (χ1) is 19.8. The molecule has 2 N–H and O–H groups in total. The van der Waals surface area contributed by atoms with Crippen molar-refractivity contribution in [2.45, 2.75) is 0 Å². The van der Waals surface area contributed by atoms with Gasteiger partial charge in [-0.3, -0.25) is 10.9 Å². The largest absolute Gasteiger partial charge is 0.259 e. The molecule has 2 aliphatic rings. The molecular weight excluding hydrogens is 656 g/mol. The standard InChI is InChI=1S/C32H26N8.2BrH/c1-5-13-27(14-6-1)37-33-31(34-38(37)28-15-7-2-8-16-28)25-21-23-26(24-22-25)32-35-39(29-17-9-3-10-18-29)40(36-32)30-19-11-4-12-20-30;;/h1-24H,(H,33,34)(H,35,36);2*1H. The lowest BCUT2D eigenvalue weighted by molar-refractivity contribution is 0.770. The summed E-state index contributed by atoms with van der Waals surface area (Å²) in [4.78, 5) is 0. The minimum atomic E-state index is 0. The summed E-state index contributed by atoms with van der Waals surface area (Å²) in [5.74, 6) is 1.50. The summed E-state index contributed by atoms with van der Waals surface area (Å²) in [7, 11) is 0. The number of benzene rings is 5. The van der Waals surface area contributed by atoms with Gasteiger partial charge in [-0.15, -0.1) is 44.2 Å². The molecule has 0 saturated heterocycles. The average molecular weight is 684 g/mol. The molecule has 0 aromatic heterocycles. The molecule has 0 saturated carbocycles. The summed E-state index contributed by atoms with van der Waals surface area (Å²) in [6, 6.07) is 48.7. The lowest BCUT2D eigenvalue weighted by atomic mass is 10.1. The fourth-order valence-corrected chi connectivity index (χ4v) is 4.60. The molecule has 42 heavy (non-hydrogen) atoms. The van der Waals surface area contributed by atoms with Crippen LogP contribution in [0.5, 0.6) is 0 Å². The zero-order valence-electron chi connectivity index (χ0n) is 22.4. The molecule has 5 aromatic carbocycles. The number of rotatable bonds is 6. The van der Waals surface area contributed by atoms with Crippen molar-refractivity contribution < 1.29 is 0 Å². The lowest BCUT2D eigenvalue weighted by Gasteiger charge is -2.27. The average Bonchev–Trinajstić information content (AvgIpc) is 3.69. The van der Waals surface area contributed by atoms with Gasteiger partial charge in [0.25, 0.3) is 0 Å². The number of hydrazine groups is 4. The second-order valence-corrected chi connectivity index (χ2v) is 9.24. The zero-order valence-corrected chi connectivity index (χ0v) is 25.8. The van der Waals surface area contributed by atoms with Gasteiger partial charge in [0.2, 0.25) is 0 Å². The number of anilines is 4. The van der Waals surface area contributed by atoms with E-state index < -0.39 is 0 Å². The van der Waals surface area contributed by atoms with E-state index in [0.717, 1.165) is 45.5 Å². The number of amidine groups is 2. The first kappa shape index (κ1) is 28.7. The molecule has 0 atom stereocenters. The van der Waals surface area contributed by atoms with Crippen LogP contribution >= 0.6 is 34.0 Å². The molecule has 0 fully saturated rings. The van der Waals surface area contributed by atoms with E-state index in [2.05, 4.69) is 35.1 Å². The van der Waals surface area contributed by atoms with Gasteiger partial charge in [0.15, 0.2) is 11.7 Å². The molecule has 0 spiro atoms. The summed E-state index contributed by atoms with van der Waals surface area (Å²) in [6.45, 7) is 0. The van der Waals surface area contributed by atoms with Gasteiger partial charge in [-0.2, -0.15) is 20.5 Å². The Balaban J connectivity index is 0.00000176. The van der Waals surface area contributed by atoms with Crippen molar-refractivity contribution in [2.75, 3.05) is 20.5 Å². The van der Waals surface area contributed by atoms with Gasteiger partial charge in [0, 0.05) is 11.1 Å². The minimum absolute atomic E-state index is 0. The smallest absolute Gasteiger partial charge is 0.176 e. The monoisotopic (exact) mass is 682 g/mol. The molecule has 10 heteroatoms. The Morgan fingerprint density at radius 1 is 0.357 bits per heavy atom. The van der Waals surface area contributed by atoms with Crippen LogP contribution in [0.1, 0.15) is 11.1 Å². The summed E-state index contributed by atoms with van der Waals surface area (Å²) >= 11 is 0. The van der Waals surface area contributed by atoms with Gasteiger partial charge in [0.05, 0.1) is 22.7 Å². The van der Waals surface area contributed by atoms with Crippen LogP contribution in [0.2, 0.25) is 0 Å². The van der Waals surface area contributed by atoms with Gasteiger partial charge in [0.1, 0.15) is 0 Å². The van der Waals surface area contributed by atoms with Gasteiger partial charge >= 0.3 is 0 Å². The van der Waals surface area contributed by atoms with E-state index in [1.807, 2.05) is 142 Å². The normalized spacial score (nSPS) is 13.8. The topological polar surface area (TPSA) is 61.7 Å². The number of halogens is 2. The molecule has 2 heterocycles. The fourth-order valence-electron chi connectivity index (χ4n) is 4.60. The SMILES string of the molecule is Br.Br.c1ccc(N2N=C(c3ccc(C4=NN(c5ccccc5)N(c5ccccc5)N4)cc3)NN2c2ccccc2)cc1. The fraction of sp³-hybridized carbons (Fsp3) is 0. The molecule has 7 rings (SSSR count). The highest BCUT2D eigenvalue weighted by Gasteiger charge is 2.28. The van der Waals surface area contributed by atoms with E-state index in [9.17, 15) is 0 Å². The van der Waals surface area contributed by atoms with Gasteiger partial charge in [-0.25, -0.2) is 0 Å². The van der Waals surface area contributed by atoms with Crippen LogP contribution in [0.15, 0.2) is 156 Å². The second-order valence-electron chi connectivity index (χ2n) is 9.24. The Kier molecular flexibility index (Phi) is 8.75. The summed E-state index contributed by atoms with van der Waals surface area (Å²) in [5, 5.41) is 17.5. The highest BCUT2D eigenvalue weighted by atomic mass is 79.9. The van der Waals surface area contributed by atoms with Crippen molar-refractivity contribution in [1.82, 2.24) is 10.9 Å². The molecule has 0 amide bonds. The second kappa shape index (κ2) is 12.8. The van der Waals surface area contributed by atoms with E-state index in [-0.39, 0.29) is 34.0 Å². The van der Waals surface area contributed by atoms with Crippen LogP contribution in [0, 0.1) is 0 Å².